The minimum absolute atomic E-state index is 0.147. The molecule has 0 unspecified atom stereocenters. The largest absolute Gasteiger partial charge is 0.491 e. The molecule has 1 aromatic carbocycles. The fourth-order valence-electron chi connectivity index (χ4n) is 2.69. The van der Waals surface area contributed by atoms with Gasteiger partial charge in [-0.2, -0.15) is 0 Å². The lowest BCUT2D eigenvalue weighted by molar-refractivity contribution is 0.0717. The summed E-state index contributed by atoms with van der Waals surface area (Å²) in [6.45, 7) is 3.68. The molecule has 8 heteroatoms. The van der Waals surface area contributed by atoms with Crippen LogP contribution in [0.1, 0.15) is 23.1 Å². The van der Waals surface area contributed by atoms with Gasteiger partial charge >= 0.3 is 6.03 Å². The molecule has 1 aliphatic heterocycles. The summed E-state index contributed by atoms with van der Waals surface area (Å²) < 4.78 is 7.43. The van der Waals surface area contributed by atoms with Crippen molar-refractivity contribution in [2.45, 2.75) is 13.5 Å². The number of imidazole rings is 1. The maximum atomic E-state index is 12.7. The Labute approximate surface area is 145 Å². The second kappa shape index (κ2) is 7.25. The lowest BCUT2D eigenvalue weighted by Gasteiger charge is -2.19. The van der Waals surface area contributed by atoms with Crippen LogP contribution >= 0.6 is 0 Å². The molecule has 1 aliphatic rings. The number of nitrogens with one attached hydrogen (secondary N) is 2. The van der Waals surface area contributed by atoms with Crippen LogP contribution in [0.4, 0.5) is 10.5 Å². The number of amides is 3. The quantitative estimate of drug-likeness (QED) is 0.886. The molecule has 132 valence electrons. The van der Waals surface area contributed by atoms with Crippen LogP contribution in [0, 0.1) is 0 Å². The summed E-state index contributed by atoms with van der Waals surface area (Å²) in [5.74, 6) is 0.961. The van der Waals surface area contributed by atoms with Gasteiger partial charge in [-0.1, -0.05) is 0 Å². The van der Waals surface area contributed by atoms with Crippen molar-refractivity contribution in [3.05, 3.63) is 42.0 Å². The second-order valence-corrected chi connectivity index (χ2v) is 5.74. The molecule has 0 saturated heterocycles. The van der Waals surface area contributed by atoms with Gasteiger partial charge in [0.25, 0.3) is 5.91 Å². The van der Waals surface area contributed by atoms with E-state index in [4.69, 9.17) is 4.74 Å². The Morgan fingerprint density at radius 1 is 1.36 bits per heavy atom. The van der Waals surface area contributed by atoms with E-state index in [0.717, 1.165) is 11.3 Å². The molecule has 0 spiro atoms. The highest BCUT2D eigenvalue weighted by Crippen LogP contribution is 2.27. The molecule has 25 heavy (non-hydrogen) atoms. The summed E-state index contributed by atoms with van der Waals surface area (Å²) in [5, 5.41) is 5.45. The Hall–Kier alpha value is -3.03. The van der Waals surface area contributed by atoms with Gasteiger partial charge in [-0.05, 0) is 25.1 Å². The summed E-state index contributed by atoms with van der Waals surface area (Å²) in [5.41, 5.74) is 1.49. The van der Waals surface area contributed by atoms with Crippen LogP contribution in [-0.4, -0.2) is 46.1 Å². The molecule has 1 aromatic heterocycles. The number of aryl methyl sites for hydroxylation is 1. The van der Waals surface area contributed by atoms with Crippen LogP contribution < -0.4 is 15.4 Å². The molecule has 0 atom stereocenters. The van der Waals surface area contributed by atoms with Crippen molar-refractivity contribution < 1.29 is 14.3 Å². The number of nitrogens with zero attached hydrogens (tertiary/aromatic N) is 3. The molecule has 3 amide bonds. The first-order valence-corrected chi connectivity index (χ1v) is 8.15. The zero-order chi connectivity index (χ0) is 17.8. The number of carbonyl (C=O) groups excluding carboxylic acids is 2. The number of aromatic nitrogens is 2. The summed E-state index contributed by atoms with van der Waals surface area (Å²) in [6, 6.07) is 5.16. The Balaban J connectivity index is 1.80. The van der Waals surface area contributed by atoms with Crippen LogP contribution in [0.15, 0.2) is 30.6 Å². The van der Waals surface area contributed by atoms with E-state index in [1.807, 2.05) is 19.1 Å². The van der Waals surface area contributed by atoms with Crippen LogP contribution in [0.5, 0.6) is 5.75 Å². The summed E-state index contributed by atoms with van der Waals surface area (Å²) in [6.07, 6.45) is 3.34. The third-order valence-electron chi connectivity index (χ3n) is 3.94. The standard InChI is InChI=1S/C17H21N5O3/c1-3-18-17(24)20-13-4-5-14-12(10-13)11-22(8-9-25-14)16(23)15-19-6-7-21(15)2/h4-7,10H,3,8-9,11H2,1-2H3,(H2,18,20,24). The van der Waals surface area contributed by atoms with Gasteiger partial charge < -0.3 is 24.8 Å². The molecular weight excluding hydrogens is 322 g/mol. The average molecular weight is 343 g/mol. The van der Waals surface area contributed by atoms with Crippen LogP contribution in [0.2, 0.25) is 0 Å². The fourth-order valence-corrected chi connectivity index (χ4v) is 2.69. The highest BCUT2D eigenvalue weighted by Gasteiger charge is 2.23. The van der Waals surface area contributed by atoms with E-state index < -0.39 is 0 Å². The number of hydrogen-bond donors (Lipinski definition) is 2. The first-order valence-electron chi connectivity index (χ1n) is 8.15. The molecule has 2 aromatic rings. The predicted octanol–water partition coefficient (Wildman–Crippen LogP) is 1.60. The van der Waals surface area contributed by atoms with Crippen molar-refractivity contribution in [1.29, 1.82) is 0 Å². The first kappa shape index (κ1) is 16.8. The molecule has 0 fully saturated rings. The van der Waals surface area contributed by atoms with Gasteiger partial charge in [0.15, 0.2) is 5.82 Å². The first-order chi connectivity index (χ1) is 12.1. The zero-order valence-corrected chi connectivity index (χ0v) is 14.3. The van der Waals surface area contributed by atoms with Gasteiger partial charge in [0.2, 0.25) is 0 Å². The third kappa shape index (κ3) is 3.73. The summed E-state index contributed by atoms with van der Waals surface area (Å²) >= 11 is 0. The minimum Gasteiger partial charge on any atom is -0.491 e. The van der Waals surface area contributed by atoms with Gasteiger partial charge in [0, 0.05) is 43.8 Å². The van der Waals surface area contributed by atoms with Gasteiger partial charge in [0.1, 0.15) is 12.4 Å². The van der Waals surface area contributed by atoms with E-state index >= 15 is 0 Å². The molecule has 3 rings (SSSR count). The fraction of sp³-hybridized carbons (Fsp3) is 0.353. The van der Waals surface area contributed by atoms with E-state index in [0.29, 0.717) is 37.8 Å². The topological polar surface area (TPSA) is 88.5 Å². The highest BCUT2D eigenvalue weighted by atomic mass is 16.5. The molecular formula is C17H21N5O3. The predicted molar refractivity (Wildman–Crippen MR) is 92.6 cm³/mol. The number of anilines is 1. The number of urea groups is 1. The monoisotopic (exact) mass is 343 g/mol. The van der Waals surface area contributed by atoms with Gasteiger partial charge in [-0.15, -0.1) is 0 Å². The van der Waals surface area contributed by atoms with Crippen LogP contribution in [0.25, 0.3) is 0 Å². The van der Waals surface area contributed by atoms with Crippen molar-refractivity contribution in [2.24, 2.45) is 7.05 Å². The van der Waals surface area contributed by atoms with Crippen LogP contribution in [-0.2, 0) is 13.6 Å². The smallest absolute Gasteiger partial charge is 0.319 e. The Bertz CT molecular complexity index is 786. The number of carbonyl (C=O) groups is 2. The summed E-state index contributed by atoms with van der Waals surface area (Å²) in [7, 11) is 1.79. The third-order valence-corrected chi connectivity index (χ3v) is 3.94. The van der Waals surface area contributed by atoms with Crippen LogP contribution in [0.3, 0.4) is 0 Å². The Kier molecular flexibility index (Phi) is 4.87. The Morgan fingerprint density at radius 2 is 2.20 bits per heavy atom. The average Bonchev–Trinajstić information content (AvgIpc) is 2.89. The van der Waals surface area contributed by atoms with E-state index in [1.165, 1.54) is 0 Å². The van der Waals surface area contributed by atoms with Crippen molar-refractivity contribution in [3.8, 4) is 5.75 Å². The molecule has 0 aliphatic carbocycles. The highest BCUT2D eigenvalue weighted by molar-refractivity contribution is 5.91. The zero-order valence-electron chi connectivity index (χ0n) is 14.3. The maximum Gasteiger partial charge on any atom is 0.319 e. The van der Waals surface area contributed by atoms with E-state index in [2.05, 4.69) is 15.6 Å². The molecule has 8 nitrogen and oxygen atoms in total. The number of rotatable bonds is 3. The SMILES string of the molecule is CCNC(=O)Nc1ccc2c(c1)CN(C(=O)c1nccn1C)CCO2. The van der Waals surface area contributed by atoms with Gasteiger partial charge in [-0.25, -0.2) is 9.78 Å². The van der Waals surface area contributed by atoms with Crippen molar-refractivity contribution in [1.82, 2.24) is 19.8 Å². The maximum absolute atomic E-state index is 12.7. The molecule has 2 N–H and O–H groups in total. The number of ether oxygens (including phenoxy) is 1. The number of benzene rings is 1. The number of fused-ring (bicyclic) bond motifs is 1. The van der Waals surface area contributed by atoms with Crippen molar-refractivity contribution in [3.63, 3.8) is 0 Å². The van der Waals surface area contributed by atoms with Crippen molar-refractivity contribution >= 4 is 17.6 Å². The molecule has 0 bridgehead atoms. The normalized spacial score (nSPS) is 13.4. The van der Waals surface area contributed by atoms with Gasteiger partial charge in [0.05, 0.1) is 6.54 Å². The Morgan fingerprint density at radius 3 is 2.92 bits per heavy atom. The molecule has 0 saturated carbocycles. The van der Waals surface area contributed by atoms with Crippen molar-refractivity contribution in [2.75, 3.05) is 25.0 Å². The van der Waals surface area contributed by atoms with E-state index in [1.54, 1.807) is 35.0 Å². The lowest BCUT2D eigenvalue weighted by atomic mass is 10.1. The molecule has 0 radical (unpaired) electrons. The second-order valence-electron chi connectivity index (χ2n) is 5.74. The number of hydrogen-bond acceptors (Lipinski definition) is 4. The summed E-state index contributed by atoms with van der Waals surface area (Å²) in [4.78, 5) is 30.2. The van der Waals surface area contributed by atoms with Gasteiger partial charge in [-0.3, -0.25) is 4.79 Å². The van der Waals surface area contributed by atoms with E-state index in [-0.39, 0.29) is 11.9 Å². The molecule has 2 heterocycles. The van der Waals surface area contributed by atoms with E-state index in [9.17, 15) is 9.59 Å². The lowest BCUT2D eigenvalue weighted by Crippen LogP contribution is -2.34. The minimum atomic E-state index is -0.266.